The molecule has 4 rings (SSSR count). The number of hydrogen-bond donors (Lipinski definition) is 2. The number of nitrogens with zero attached hydrogens (tertiary/aromatic N) is 2. The molecule has 0 atom stereocenters. The minimum absolute atomic E-state index is 0.0478. The average Bonchev–Trinajstić information content (AvgIpc) is 3.22. The van der Waals surface area contributed by atoms with Crippen molar-refractivity contribution in [2.45, 2.75) is 18.8 Å². The van der Waals surface area contributed by atoms with Crippen LogP contribution in [0, 0.1) is 0 Å². The number of hydrogen-bond acceptors (Lipinski definition) is 5. The maximum atomic E-state index is 12.5. The summed E-state index contributed by atoms with van der Waals surface area (Å²) in [5, 5.41) is 6.13. The van der Waals surface area contributed by atoms with Gasteiger partial charge >= 0.3 is 5.76 Å². The van der Waals surface area contributed by atoms with Crippen LogP contribution in [0.1, 0.15) is 35.1 Å². The van der Waals surface area contributed by atoms with Crippen LogP contribution < -0.4 is 5.76 Å². The van der Waals surface area contributed by atoms with Gasteiger partial charge in [-0.25, -0.2) is 9.89 Å². The van der Waals surface area contributed by atoms with Crippen LogP contribution in [-0.4, -0.2) is 39.1 Å². The first-order valence-electron chi connectivity index (χ1n) is 7.11. The summed E-state index contributed by atoms with van der Waals surface area (Å²) in [6.07, 6.45) is 3.02. The van der Waals surface area contributed by atoms with E-state index in [9.17, 15) is 9.59 Å². The second kappa shape index (κ2) is 4.90. The van der Waals surface area contributed by atoms with E-state index in [2.05, 4.69) is 15.2 Å². The molecule has 8 heteroatoms. The van der Waals surface area contributed by atoms with E-state index in [1.165, 1.54) is 0 Å². The topological polar surface area (TPSA) is 108 Å². The smallest absolute Gasteiger partial charge is 0.434 e. The Morgan fingerprint density at radius 3 is 2.86 bits per heavy atom. The molecule has 114 valence electrons. The summed E-state index contributed by atoms with van der Waals surface area (Å²) in [5.74, 6) is -0.0896. The largest absolute Gasteiger partial charge is 0.463 e. The Morgan fingerprint density at radius 2 is 2.18 bits per heavy atom. The Bertz CT molecular complexity index is 834. The van der Waals surface area contributed by atoms with E-state index < -0.39 is 5.76 Å². The Labute approximate surface area is 124 Å². The summed E-state index contributed by atoms with van der Waals surface area (Å²) in [7, 11) is 0. The summed E-state index contributed by atoms with van der Waals surface area (Å²) in [5.41, 5.74) is 2.02. The van der Waals surface area contributed by atoms with Gasteiger partial charge in [-0.3, -0.25) is 4.79 Å². The monoisotopic (exact) mass is 302 g/mol. The quantitative estimate of drug-likeness (QED) is 0.745. The Kier molecular flexibility index (Phi) is 2.88. The summed E-state index contributed by atoms with van der Waals surface area (Å²) in [6, 6.07) is 3.51. The minimum Gasteiger partial charge on any atom is -0.463 e. The summed E-state index contributed by atoms with van der Waals surface area (Å²) in [6.45, 7) is 1.20. The van der Waals surface area contributed by atoms with Gasteiger partial charge in [0.1, 0.15) is 5.69 Å². The number of nitrogens with one attached hydrogen (secondary N) is 2. The van der Waals surface area contributed by atoms with E-state index in [4.69, 9.17) is 8.83 Å². The summed E-state index contributed by atoms with van der Waals surface area (Å²) in [4.78, 5) is 28.3. The molecular weight excluding hydrogens is 288 g/mol. The van der Waals surface area contributed by atoms with Gasteiger partial charge < -0.3 is 18.7 Å². The van der Waals surface area contributed by atoms with E-state index in [0.717, 1.165) is 18.4 Å². The SMILES string of the molecule is O=C(c1cc2occc2[nH]1)N1CCC(c2n[nH]c(=O)o2)CC1. The number of H-pyrrole nitrogens is 2. The lowest BCUT2D eigenvalue weighted by Gasteiger charge is -2.30. The third-order valence-corrected chi connectivity index (χ3v) is 4.06. The molecule has 1 aliphatic heterocycles. The Morgan fingerprint density at radius 1 is 1.36 bits per heavy atom. The number of piperidine rings is 1. The van der Waals surface area contributed by atoms with Gasteiger partial charge in [-0.1, -0.05) is 0 Å². The molecular formula is C14H14N4O4. The van der Waals surface area contributed by atoms with Crippen LogP contribution in [-0.2, 0) is 0 Å². The van der Waals surface area contributed by atoms with Crippen molar-refractivity contribution in [3.8, 4) is 0 Å². The van der Waals surface area contributed by atoms with Crippen molar-refractivity contribution >= 4 is 17.0 Å². The van der Waals surface area contributed by atoms with Gasteiger partial charge in [-0.15, -0.1) is 5.10 Å². The molecule has 0 radical (unpaired) electrons. The zero-order valence-corrected chi connectivity index (χ0v) is 11.7. The van der Waals surface area contributed by atoms with E-state index >= 15 is 0 Å². The lowest BCUT2D eigenvalue weighted by atomic mass is 9.96. The van der Waals surface area contributed by atoms with Crippen LogP contribution in [0.5, 0.6) is 0 Å². The predicted molar refractivity (Wildman–Crippen MR) is 75.6 cm³/mol. The third kappa shape index (κ3) is 2.12. The highest BCUT2D eigenvalue weighted by molar-refractivity contribution is 5.96. The predicted octanol–water partition coefficient (Wildman–Crippen LogP) is 1.46. The van der Waals surface area contributed by atoms with Crippen molar-refractivity contribution in [3.05, 3.63) is 40.5 Å². The van der Waals surface area contributed by atoms with E-state index in [1.54, 1.807) is 23.3 Å². The molecule has 8 nitrogen and oxygen atoms in total. The highest BCUT2D eigenvalue weighted by Crippen LogP contribution is 2.27. The van der Waals surface area contributed by atoms with Gasteiger partial charge in [-0.2, -0.15) is 0 Å². The number of aromatic amines is 2. The lowest BCUT2D eigenvalue weighted by molar-refractivity contribution is 0.0701. The fraction of sp³-hybridized carbons (Fsp3) is 0.357. The van der Waals surface area contributed by atoms with Gasteiger partial charge in [0.05, 0.1) is 11.8 Å². The molecule has 3 aromatic heterocycles. The molecule has 0 bridgehead atoms. The second-order valence-corrected chi connectivity index (χ2v) is 5.40. The highest BCUT2D eigenvalue weighted by Gasteiger charge is 2.28. The first-order chi connectivity index (χ1) is 10.7. The third-order valence-electron chi connectivity index (χ3n) is 4.06. The summed E-state index contributed by atoms with van der Waals surface area (Å²) >= 11 is 0. The first-order valence-corrected chi connectivity index (χ1v) is 7.11. The van der Waals surface area contributed by atoms with Crippen molar-refractivity contribution in [1.29, 1.82) is 0 Å². The number of carbonyl (C=O) groups excluding carboxylic acids is 1. The summed E-state index contributed by atoms with van der Waals surface area (Å²) < 4.78 is 10.2. The zero-order valence-electron chi connectivity index (χ0n) is 11.7. The standard InChI is InChI=1S/C14H14N4O4/c19-13(10-7-11-9(15-10)3-6-21-11)18-4-1-8(2-5-18)12-16-17-14(20)22-12/h3,6-8,15H,1-2,4-5H2,(H,17,20). The molecule has 0 aliphatic carbocycles. The highest BCUT2D eigenvalue weighted by atomic mass is 16.4. The fourth-order valence-electron chi connectivity index (χ4n) is 2.88. The molecule has 1 amide bonds. The Hall–Kier alpha value is -2.77. The van der Waals surface area contributed by atoms with Crippen LogP contribution in [0.25, 0.3) is 11.1 Å². The van der Waals surface area contributed by atoms with Gasteiger partial charge in [0.2, 0.25) is 5.89 Å². The van der Waals surface area contributed by atoms with Gasteiger partial charge in [0.25, 0.3) is 5.91 Å². The molecule has 1 aliphatic rings. The van der Waals surface area contributed by atoms with Crippen molar-refractivity contribution in [1.82, 2.24) is 20.1 Å². The van der Waals surface area contributed by atoms with E-state index in [0.29, 0.717) is 30.3 Å². The maximum Gasteiger partial charge on any atom is 0.434 e. The zero-order chi connectivity index (χ0) is 15.1. The maximum absolute atomic E-state index is 12.5. The van der Waals surface area contributed by atoms with Gasteiger partial charge in [-0.05, 0) is 12.8 Å². The number of fused-ring (bicyclic) bond motifs is 1. The van der Waals surface area contributed by atoms with Crippen LogP contribution in [0.2, 0.25) is 0 Å². The molecule has 0 unspecified atom stereocenters. The molecule has 1 saturated heterocycles. The molecule has 4 heterocycles. The number of furan rings is 1. The van der Waals surface area contributed by atoms with Crippen molar-refractivity contribution in [2.75, 3.05) is 13.1 Å². The normalized spacial score (nSPS) is 16.5. The van der Waals surface area contributed by atoms with E-state index in [1.807, 2.05) is 0 Å². The minimum atomic E-state index is -0.539. The number of aromatic nitrogens is 3. The Balaban J connectivity index is 1.45. The first kappa shape index (κ1) is 12.9. The fourth-order valence-corrected chi connectivity index (χ4v) is 2.88. The number of amides is 1. The average molecular weight is 302 g/mol. The molecule has 0 aromatic carbocycles. The van der Waals surface area contributed by atoms with Crippen LogP contribution in [0.4, 0.5) is 0 Å². The molecule has 0 saturated carbocycles. The van der Waals surface area contributed by atoms with Crippen LogP contribution >= 0.6 is 0 Å². The molecule has 3 aromatic rings. The number of likely N-dealkylation sites (tertiary alicyclic amines) is 1. The molecule has 1 fully saturated rings. The molecule has 0 spiro atoms. The lowest BCUT2D eigenvalue weighted by Crippen LogP contribution is -2.38. The second-order valence-electron chi connectivity index (χ2n) is 5.40. The van der Waals surface area contributed by atoms with Gasteiger partial charge in [0.15, 0.2) is 5.58 Å². The van der Waals surface area contributed by atoms with Crippen molar-refractivity contribution in [2.24, 2.45) is 0 Å². The van der Waals surface area contributed by atoms with Crippen molar-refractivity contribution < 1.29 is 13.6 Å². The van der Waals surface area contributed by atoms with Crippen LogP contribution in [0.15, 0.2) is 32.0 Å². The number of carbonyl (C=O) groups is 1. The number of rotatable bonds is 2. The van der Waals surface area contributed by atoms with Gasteiger partial charge in [0, 0.05) is 31.1 Å². The van der Waals surface area contributed by atoms with Crippen LogP contribution in [0.3, 0.4) is 0 Å². The molecule has 22 heavy (non-hydrogen) atoms. The van der Waals surface area contributed by atoms with Crippen molar-refractivity contribution in [3.63, 3.8) is 0 Å². The molecule has 2 N–H and O–H groups in total. The van der Waals surface area contributed by atoms with E-state index in [-0.39, 0.29) is 11.8 Å².